The standard InChI is InChI=1S/C31H33NO6/c1-34-22-8-10-26(28(18-22)36-3)31(27-11-9-23(35-2)19-29(27)37-4)13-12-21-6-5-7-24(25(21)20-31)30(33)32-14-16-38-17-15-32/h5-13,18-19H,14-17,20H2,1-4H3. The predicted octanol–water partition coefficient (Wildman–Crippen LogP) is 4.75. The van der Waals surface area contributed by atoms with Gasteiger partial charge in [0, 0.05) is 47.3 Å². The average molecular weight is 516 g/mol. The van der Waals surface area contributed by atoms with Crippen molar-refractivity contribution < 1.29 is 28.5 Å². The number of hydrogen-bond acceptors (Lipinski definition) is 6. The summed E-state index contributed by atoms with van der Waals surface area (Å²) < 4.78 is 28.3. The number of ether oxygens (including phenoxy) is 5. The summed E-state index contributed by atoms with van der Waals surface area (Å²) in [5.41, 5.74) is 3.92. The van der Waals surface area contributed by atoms with Gasteiger partial charge in [-0.1, -0.05) is 36.4 Å². The van der Waals surface area contributed by atoms with Crippen LogP contribution < -0.4 is 18.9 Å². The molecule has 1 aliphatic heterocycles. The smallest absolute Gasteiger partial charge is 0.254 e. The van der Waals surface area contributed by atoms with E-state index in [4.69, 9.17) is 23.7 Å². The predicted molar refractivity (Wildman–Crippen MR) is 146 cm³/mol. The lowest BCUT2D eigenvalue weighted by atomic mass is 9.66. The first-order chi connectivity index (χ1) is 18.5. The van der Waals surface area contributed by atoms with E-state index in [1.54, 1.807) is 28.4 Å². The Labute approximate surface area is 223 Å². The largest absolute Gasteiger partial charge is 0.497 e. The monoisotopic (exact) mass is 515 g/mol. The lowest BCUT2D eigenvalue weighted by Crippen LogP contribution is -2.41. The number of fused-ring (bicyclic) bond motifs is 1. The molecule has 0 spiro atoms. The van der Waals surface area contributed by atoms with E-state index < -0.39 is 5.41 Å². The van der Waals surface area contributed by atoms with E-state index in [0.29, 0.717) is 61.3 Å². The minimum Gasteiger partial charge on any atom is -0.497 e. The van der Waals surface area contributed by atoms with E-state index in [1.807, 2.05) is 53.4 Å². The summed E-state index contributed by atoms with van der Waals surface area (Å²) in [5.74, 6) is 2.80. The van der Waals surface area contributed by atoms with Crippen LogP contribution in [0.5, 0.6) is 23.0 Å². The zero-order valence-electron chi connectivity index (χ0n) is 22.3. The second-order valence-electron chi connectivity index (χ2n) is 9.39. The number of rotatable bonds is 7. The highest BCUT2D eigenvalue weighted by Gasteiger charge is 2.41. The molecule has 198 valence electrons. The molecule has 3 aromatic carbocycles. The highest BCUT2D eigenvalue weighted by molar-refractivity contribution is 5.97. The first-order valence-electron chi connectivity index (χ1n) is 12.7. The number of amides is 1. The fourth-order valence-corrected chi connectivity index (χ4v) is 5.51. The normalized spacial score (nSPS) is 15.9. The van der Waals surface area contributed by atoms with Crippen molar-refractivity contribution in [3.63, 3.8) is 0 Å². The molecule has 1 fully saturated rings. The van der Waals surface area contributed by atoms with Gasteiger partial charge >= 0.3 is 0 Å². The number of hydrogen-bond donors (Lipinski definition) is 0. The Bertz CT molecular complexity index is 1300. The van der Waals surface area contributed by atoms with Gasteiger partial charge < -0.3 is 28.6 Å². The van der Waals surface area contributed by atoms with Crippen LogP contribution in [0.15, 0.2) is 60.7 Å². The fraction of sp³-hybridized carbons (Fsp3) is 0.323. The minimum absolute atomic E-state index is 0.0257. The molecule has 38 heavy (non-hydrogen) atoms. The second kappa shape index (κ2) is 10.8. The molecule has 3 aromatic rings. The SMILES string of the molecule is COc1ccc(C2(c3ccc(OC)cc3OC)C=Cc3cccc(C(=O)N4CCOCC4)c3C2)c(OC)c1. The third-order valence-electron chi connectivity index (χ3n) is 7.52. The molecule has 2 aliphatic rings. The number of benzene rings is 3. The minimum atomic E-state index is -0.691. The van der Waals surface area contributed by atoms with Gasteiger partial charge in [-0.05, 0) is 35.7 Å². The number of carbonyl (C=O) groups is 1. The van der Waals surface area contributed by atoms with Gasteiger partial charge in [-0.15, -0.1) is 0 Å². The molecule has 0 aromatic heterocycles. The first kappa shape index (κ1) is 25.7. The summed E-state index contributed by atoms with van der Waals surface area (Å²) in [5, 5.41) is 0. The average Bonchev–Trinajstić information content (AvgIpc) is 2.99. The molecule has 1 aliphatic carbocycles. The van der Waals surface area contributed by atoms with E-state index in [9.17, 15) is 4.79 Å². The van der Waals surface area contributed by atoms with Crippen LogP contribution in [0.3, 0.4) is 0 Å². The van der Waals surface area contributed by atoms with Gasteiger partial charge in [0.05, 0.1) is 41.7 Å². The molecule has 5 rings (SSSR count). The number of methoxy groups -OCH3 is 4. The van der Waals surface area contributed by atoms with Crippen LogP contribution in [0, 0.1) is 0 Å². The van der Waals surface area contributed by atoms with Crippen LogP contribution in [-0.2, 0) is 16.6 Å². The molecule has 0 bridgehead atoms. The van der Waals surface area contributed by atoms with E-state index in [1.165, 1.54) is 0 Å². The fourth-order valence-electron chi connectivity index (χ4n) is 5.51. The molecule has 0 unspecified atom stereocenters. The molecule has 1 amide bonds. The van der Waals surface area contributed by atoms with Gasteiger partial charge in [-0.3, -0.25) is 4.79 Å². The zero-order valence-corrected chi connectivity index (χ0v) is 22.3. The van der Waals surface area contributed by atoms with Gasteiger partial charge in [0.1, 0.15) is 23.0 Å². The van der Waals surface area contributed by atoms with Crippen molar-refractivity contribution in [3.8, 4) is 23.0 Å². The van der Waals surface area contributed by atoms with Crippen molar-refractivity contribution in [3.05, 3.63) is 88.5 Å². The summed E-state index contributed by atoms with van der Waals surface area (Å²) in [4.78, 5) is 15.6. The Morgan fingerprint density at radius 3 is 1.97 bits per heavy atom. The third kappa shape index (κ3) is 4.47. The number of morpholine rings is 1. The number of nitrogens with zero attached hydrogens (tertiary/aromatic N) is 1. The van der Waals surface area contributed by atoms with Crippen LogP contribution in [0.4, 0.5) is 0 Å². The topological polar surface area (TPSA) is 66.5 Å². The highest BCUT2D eigenvalue weighted by atomic mass is 16.5. The van der Waals surface area contributed by atoms with Crippen molar-refractivity contribution in [2.45, 2.75) is 11.8 Å². The van der Waals surface area contributed by atoms with Gasteiger partial charge in [-0.2, -0.15) is 0 Å². The van der Waals surface area contributed by atoms with Crippen LogP contribution >= 0.6 is 0 Å². The zero-order chi connectivity index (χ0) is 26.7. The molecular weight excluding hydrogens is 482 g/mol. The molecule has 1 heterocycles. The highest BCUT2D eigenvalue weighted by Crippen LogP contribution is 2.49. The van der Waals surface area contributed by atoms with E-state index in [2.05, 4.69) is 18.2 Å². The molecule has 1 saturated heterocycles. The maximum Gasteiger partial charge on any atom is 0.254 e. The summed E-state index contributed by atoms with van der Waals surface area (Å²) in [6.07, 6.45) is 4.83. The van der Waals surface area contributed by atoms with Crippen molar-refractivity contribution in [2.75, 3.05) is 54.7 Å². The maximum atomic E-state index is 13.7. The van der Waals surface area contributed by atoms with E-state index >= 15 is 0 Å². The van der Waals surface area contributed by atoms with E-state index in [-0.39, 0.29) is 5.91 Å². The number of carbonyl (C=O) groups excluding carboxylic acids is 1. The van der Waals surface area contributed by atoms with Crippen LogP contribution in [0.25, 0.3) is 6.08 Å². The molecule has 0 saturated carbocycles. The molecule has 0 radical (unpaired) electrons. The van der Waals surface area contributed by atoms with Gasteiger partial charge in [0.25, 0.3) is 5.91 Å². The maximum absolute atomic E-state index is 13.7. The molecular formula is C31H33NO6. The van der Waals surface area contributed by atoms with Crippen molar-refractivity contribution >= 4 is 12.0 Å². The van der Waals surface area contributed by atoms with Crippen LogP contribution in [-0.4, -0.2) is 65.5 Å². The molecule has 0 N–H and O–H groups in total. The molecule has 0 atom stereocenters. The van der Waals surface area contributed by atoms with Gasteiger partial charge in [0.2, 0.25) is 0 Å². The lowest BCUT2D eigenvalue weighted by molar-refractivity contribution is 0.0302. The van der Waals surface area contributed by atoms with Crippen molar-refractivity contribution in [2.24, 2.45) is 0 Å². The molecule has 7 heteroatoms. The Morgan fingerprint density at radius 1 is 0.816 bits per heavy atom. The molecule has 7 nitrogen and oxygen atoms in total. The summed E-state index contributed by atoms with van der Waals surface area (Å²) in [6.45, 7) is 2.28. The Balaban J connectivity index is 1.72. The quantitative estimate of drug-likeness (QED) is 0.453. The Morgan fingerprint density at radius 2 is 1.42 bits per heavy atom. The first-order valence-corrected chi connectivity index (χ1v) is 12.7. The van der Waals surface area contributed by atoms with Crippen molar-refractivity contribution in [1.29, 1.82) is 0 Å². The Hall–Kier alpha value is -3.97. The van der Waals surface area contributed by atoms with Crippen molar-refractivity contribution in [1.82, 2.24) is 4.90 Å². The van der Waals surface area contributed by atoms with Gasteiger partial charge in [-0.25, -0.2) is 0 Å². The lowest BCUT2D eigenvalue weighted by Gasteiger charge is -2.38. The third-order valence-corrected chi connectivity index (χ3v) is 7.52. The Kier molecular flexibility index (Phi) is 7.29. The van der Waals surface area contributed by atoms with Crippen LogP contribution in [0.1, 0.15) is 32.6 Å². The number of allylic oxidation sites excluding steroid dienone is 1. The van der Waals surface area contributed by atoms with E-state index in [0.717, 1.165) is 22.3 Å². The summed E-state index contributed by atoms with van der Waals surface area (Å²) >= 11 is 0. The summed E-state index contributed by atoms with van der Waals surface area (Å²) in [7, 11) is 6.59. The second-order valence-corrected chi connectivity index (χ2v) is 9.39. The summed E-state index contributed by atoms with van der Waals surface area (Å²) in [6, 6.07) is 17.6. The van der Waals surface area contributed by atoms with Crippen LogP contribution in [0.2, 0.25) is 0 Å². The van der Waals surface area contributed by atoms with Gasteiger partial charge in [0.15, 0.2) is 0 Å².